The minimum atomic E-state index is 0.597. The van der Waals surface area contributed by atoms with Crippen LogP contribution in [0.1, 0.15) is 38.7 Å². The molecule has 0 radical (unpaired) electrons. The normalized spacial score (nSPS) is 13.0. The second kappa shape index (κ2) is 6.54. The van der Waals surface area contributed by atoms with Crippen LogP contribution in [0.15, 0.2) is 24.3 Å². The number of nitrogen functional groups attached to an aromatic ring is 1. The van der Waals surface area contributed by atoms with Gasteiger partial charge < -0.3 is 11.1 Å². The highest BCUT2D eigenvalue weighted by atomic mass is 14.8. The van der Waals surface area contributed by atoms with Gasteiger partial charge in [0.15, 0.2) is 0 Å². The highest BCUT2D eigenvalue weighted by molar-refractivity contribution is 5.40. The van der Waals surface area contributed by atoms with Gasteiger partial charge in [-0.15, -0.1) is 0 Å². The molecule has 1 rings (SSSR count). The fourth-order valence-electron chi connectivity index (χ4n) is 1.70. The second-order valence-corrected chi connectivity index (χ2v) is 4.95. The summed E-state index contributed by atoms with van der Waals surface area (Å²) in [4.78, 5) is 0. The zero-order valence-electron chi connectivity index (χ0n) is 10.7. The number of anilines is 1. The summed E-state index contributed by atoms with van der Waals surface area (Å²) in [6.45, 7) is 8.92. The van der Waals surface area contributed by atoms with Crippen molar-refractivity contribution in [1.82, 2.24) is 5.32 Å². The molecule has 16 heavy (non-hydrogen) atoms. The Morgan fingerprint density at radius 3 is 2.31 bits per heavy atom. The number of rotatable bonds is 6. The van der Waals surface area contributed by atoms with Crippen molar-refractivity contribution < 1.29 is 0 Å². The van der Waals surface area contributed by atoms with Crippen molar-refractivity contribution in [2.45, 2.75) is 33.1 Å². The summed E-state index contributed by atoms with van der Waals surface area (Å²) in [5.41, 5.74) is 7.89. The number of nitrogens with one attached hydrogen (secondary N) is 1. The number of benzene rings is 1. The molecule has 0 fully saturated rings. The Kier molecular flexibility index (Phi) is 5.33. The molecule has 1 aromatic rings. The van der Waals surface area contributed by atoms with Crippen LogP contribution in [-0.2, 0) is 0 Å². The van der Waals surface area contributed by atoms with Crippen LogP contribution in [0, 0.1) is 5.92 Å². The predicted molar refractivity (Wildman–Crippen MR) is 71.6 cm³/mol. The largest absolute Gasteiger partial charge is 0.399 e. The Morgan fingerprint density at radius 1 is 1.12 bits per heavy atom. The molecule has 1 aromatic carbocycles. The first-order valence-corrected chi connectivity index (χ1v) is 6.15. The quantitative estimate of drug-likeness (QED) is 0.571. The van der Waals surface area contributed by atoms with Crippen molar-refractivity contribution in [1.29, 1.82) is 0 Å². The maximum absolute atomic E-state index is 5.67. The van der Waals surface area contributed by atoms with Crippen LogP contribution in [0.4, 0.5) is 5.69 Å². The number of hydrogen-bond donors (Lipinski definition) is 2. The maximum Gasteiger partial charge on any atom is 0.0314 e. The lowest BCUT2D eigenvalue weighted by molar-refractivity contribution is 0.525. The van der Waals surface area contributed by atoms with Gasteiger partial charge in [-0.05, 0) is 49.0 Å². The predicted octanol–water partition coefficient (Wildman–Crippen LogP) is 3.01. The monoisotopic (exact) mass is 220 g/mol. The zero-order chi connectivity index (χ0) is 12.0. The molecule has 0 aliphatic rings. The van der Waals surface area contributed by atoms with Crippen LogP contribution in [-0.4, -0.2) is 13.1 Å². The molecule has 0 amide bonds. The van der Waals surface area contributed by atoms with Crippen LogP contribution >= 0.6 is 0 Å². The smallest absolute Gasteiger partial charge is 0.0314 e. The third-order valence-electron chi connectivity index (χ3n) is 2.81. The van der Waals surface area contributed by atoms with Gasteiger partial charge in [0.2, 0.25) is 0 Å². The topological polar surface area (TPSA) is 38.0 Å². The summed E-state index contributed by atoms with van der Waals surface area (Å²) >= 11 is 0. The molecule has 2 nitrogen and oxygen atoms in total. The van der Waals surface area contributed by atoms with E-state index in [0.717, 1.165) is 24.7 Å². The van der Waals surface area contributed by atoms with Crippen molar-refractivity contribution >= 4 is 5.69 Å². The molecule has 0 bridgehead atoms. The fourth-order valence-corrected chi connectivity index (χ4v) is 1.70. The van der Waals surface area contributed by atoms with Gasteiger partial charge in [0.25, 0.3) is 0 Å². The highest BCUT2D eigenvalue weighted by Crippen LogP contribution is 2.19. The summed E-state index contributed by atoms with van der Waals surface area (Å²) in [7, 11) is 0. The van der Waals surface area contributed by atoms with Crippen LogP contribution in [0.5, 0.6) is 0 Å². The van der Waals surface area contributed by atoms with Crippen molar-refractivity contribution in [2.75, 3.05) is 18.8 Å². The standard InChI is InChI=1S/C14H24N2/c1-11(2)10-16-9-8-12(3)13-4-6-14(15)7-5-13/h4-7,11-12,16H,8-10,15H2,1-3H3. The molecule has 0 aromatic heterocycles. The van der Waals surface area contributed by atoms with E-state index in [9.17, 15) is 0 Å². The van der Waals surface area contributed by atoms with Gasteiger partial charge in [-0.1, -0.05) is 32.9 Å². The van der Waals surface area contributed by atoms with Crippen molar-refractivity contribution in [3.63, 3.8) is 0 Å². The third-order valence-corrected chi connectivity index (χ3v) is 2.81. The van der Waals surface area contributed by atoms with Gasteiger partial charge in [-0.2, -0.15) is 0 Å². The average molecular weight is 220 g/mol. The lowest BCUT2D eigenvalue weighted by Gasteiger charge is -2.13. The van der Waals surface area contributed by atoms with E-state index in [4.69, 9.17) is 5.73 Å². The number of nitrogens with two attached hydrogens (primary N) is 1. The fraction of sp³-hybridized carbons (Fsp3) is 0.571. The molecular formula is C14H24N2. The lowest BCUT2D eigenvalue weighted by Crippen LogP contribution is -2.21. The molecular weight excluding hydrogens is 196 g/mol. The average Bonchev–Trinajstić information content (AvgIpc) is 2.25. The van der Waals surface area contributed by atoms with Gasteiger partial charge in [0.1, 0.15) is 0 Å². The molecule has 0 saturated carbocycles. The molecule has 2 heteroatoms. The van der Waals surface area contributed by atoms with E-state index in [-0.39, 0.29) is 0 Å². The van der Waals surface area contributed by atoms with Gasteiger partial charge in [-0.3, -0.25) is 0 Å². The Labute approximate surface area is 99.2 Å². The summed E-state index contributed by atoms with van der Waals surface area (Å²) in [6.07, 6.45) is 1.18. The summed E-state index contributed by atoms with van der Waals surface area (Å²) in [6, 6.07) is 8.21. The Morgan fingerprint density at radius 2 is 1.75 bits per heavy atom. The van der Waals surface area contributed by atoms with E-state index >= 15 is 0 Å². The summed E-state index contributed by atoms with van der Waals surface area (Å²) < 4.78 is 0. The summed E-state index contributed by atoms with van der Waals surface area (Å²) in [5, 5.41) is 3.47. The van der Waals surface area contributed by atoms with Gasteiger partial charge in [0.05, 0.1) is 0 Å². The first kappa shape index (κ1) is 13.0. The van der Waals surface area contributed by atoms with Crippen LogP contribution in [0.3, 0.4) is 0 Å². The minimum Gasteiger partial charge on any atom is -0.399 e. The van der Waals surface area contributed by atoms with Crippen molar-refractivity contribution in [3.05, 3.63) is 29.8 Å². The van der Waals surface area contributed by atoms with Crippen molar-refractivity contribution in [2.24, 2.45) is 5.92 Å². The maximum atomic E-state index is 5.67. The van der Waals surface area contributed by atoms with E-state index in [2.05, 4.69) is 38.2 Å². The number of hydrogen-bond acceptors (Lipinski definition) is 2. The zero-order valence-corrected chi connectivity index (χ0v) is 10.7. The molecule has 3 N–H and O–H groups in total. The SMILES string of the molecule is CC(C)CNCCC(C)c1ccc(N)cc1. The molecule has 1 unspecified atom stereocenters. The molecule has 0 saturated heterocycles. The van der Waals surface area contributed by atoms with Crippen LogP contribution in [0.25, 0.3) is 0 Å². The first-order valence-electron chi connectivity index (χ1n) is 6.15. The van der Waals surface area contributed by atoms with Crippen molar-refractivity contribution in [3.8, 4) is 0 Å². The van der Waals surface area contributed by atoms with E-state index < -0.39 is 0 Å². The molecule has 1 atom stereocenters. The molecule has 0 spiro atoms. The van der Waals surface area contributed by atoms with Gasteiger partial charge in [-0.25, -0.2) is 0 Å². The first-order chi connectivity index (χ1) is 7.59. The van der Waals surface area contributed by atoms with E-state index in [1.54, 1.807) is 0 Å². The van der Waals surface area contributed by atoms with Crippen LogP contribution in [0.2, 0.25) is 0 Å². The molecule has 0 heterocycles. The molecule has 0 aliphatic carbocycles. The Bertz CT molecular complexity index is 290. The summed E-state index contributed by atoms with van der Waals surface area (Å²) in [5.74, 6) is 1.33. The van der Waals surface area contributed by atoms with Crippen LogP contribution < -0.4 is 11.1 Å². The van der Waals surface area contributed by atoms with E-state index in [1.807, 2.05) is 12.1 Å². The Balaban J connectivity index is 2.29. The van der Waals surface area contributed by atoms with Gasteiger partial charge >= 0.3 is 0 Å². The van der Waals surface area contributed by atoms with E-state index in [0.29, 0.717) is 5.92 Å². The van der Waals surface area contributed by atoms with Gasteiger partial charge in [0, 0.05) is 5.69 Å². The third kappa shape index (κ3) is 4.67. The molecule has 0 aliphatic heterocycles. The lowest BCUT2D eigenvalue weighted by atomic mass is 9.97. The molecule has 90 valence electrons. The highest BCUT2D eigenvalue weighted by Gasteiger charge is 2.04. The second-order valence-electron chi connectivity index (χ2n) is 4.95. The minimum absolute atomic E-state index is 0.597. The Hall–Kier alpha value is -1.02. The van der Waals surface area contributed by atoms with E-state index in [1.165, 1.54) is 12.0 Å².